The summed E-state index contributed by atoms with van der Waals surface area (Å²) >= 11 is 0. The summed E-state index contributed by atoms with van der Waals surface area (Å²) < 4.78 is 11.0. The van der Waals surface area contributed by atoms with E-state index in [0.29, 0.717) is 26.0 Å². The molecule has 0 aromatic heterocycles. The highest BCUT2D eigenvalue weighted by Gasteiger charge is 2.19. The van der Waals surface area contributed by atoms with Gasteiger partial charge >= 0.3 is 6.09 Å². The standard InChI is InChI=1S/C29H32N2O5/c1-22(32)31-27(19-23-14-16-26(17-15-23)35-20-24-9-4-2-5-10-24)28(33)13-8-18-30-29(34)36-21-25-11-6-3-7-12-25/h2-7,9-12,14-17,27H,8,13,18-21H2,1H3,(H,30,34)(H,31,32). The Morgan fingerprint density at radius 2 is 1.39 bits per heavy atom. The number of carbonyl (C=O) groups excluding carboxylic acids is 3. The second-order valence-corrected chi connectivity index (χ2v) is 8.43. The van der Waals surface area contributed by atoms with E-state index in [0.717, 1.165) is 22.4 Å². The third kappa shape index (κ3) is 9.62. The summed E-state index contributed by atoms with van der Waals surface area (Å²) in [6, 6.07) is 26.2. The van der Waals surface area contributed by atoms with Crippen LogP contribution in [0.25, 0.3) is 0 Å². The Bertz CT molecular complexity index is 1100. The highest BCUT2D eigenvalue weighted by atomic mass is 16.5. The molecule has 0 radical (unpaired) electrons. The zero-order chi connectivity index (χ0) is 25.6. The van der Waals surface area contributed by atoms with E-state index in [-0.39, 0.29) is 24.7 Å². The molecule has 0 saturated heterocycles. The maximum Gasteiger partial charge on any atom is 0.407 e. The van der Waals surface area contributed by atoms with Crippen molar-refractivity contribution >= 4 is 17.8 Å². The lowest BCUT2D eigenvalue weighted by Crippen LogP contribution is -2.41. The van der Waals surface area contributed by atoms with E-state index in [4.69, 9.17) is 9.47 Å². The summed E-state index contributed by atoms with van der Waals surface area (Å²) in [5.74, 6) is 0.378. The van der Waals surface area contributed by atoms with Crippen molar-refractivity contribution in [3.8, 4) is 5.75 Å². The highest BCUT2D eigenvalue weighted by Crippen LogP contribution is 2.16. The van der Waals surface area contributed by atoms with Gasteiger partial charge in [0.2, 0.25) is 5.91 Å². The molecule has 7 nitrogen and oxygen atoms in total. The summed E-state index contributed by atoms with van der Waals surface area (Å²) in [6.45, 7) is 2.36. The number of hydrogen-bond acceptors (Lipinski definition) is 5. The lowest BCUT2D eigenvalue weighted by molar-refractivity contribution is -0.126. The van der Waals surface area contributed by atoms with Crippen LogP contribution in [0.3, 0.4) is 0 Å². The number of nitrogens with one attached hydrogen (secondary N) is 2. The Morgan fingerprint density at radius 3 is 2.00 bits per heavy atom. The monoisotopic (exact) mass is 488 g/mol. The first-order valence-electron chi connectivity index (χ1n) is 12.0. The molecule has 7 heteroatoms. The summed E-state index contributed by atoms with van der Waals surface area (Å²) in [5.41, 5.74) is 2.89. The average molecular weight is 489 g/mol. The van der Waals surface area contributed by atoms with Crippen LogP contribution in [0.5, 0.6) is 5.75 Å². The average Bonchev–Trinajstić information content (AvgIpc) is 2.90. The third-order valence-corrected chi connectivity index (χ3v) is 5.46. The second-order valence-electron chi connectivity index (χ2n) is 8.43. The number of Topliss-reactive ketones (excluding diaryl/α,β-unsaturated/α-hetero) is 1. The van der Waals surface area contributed by atoms with Crippen LogP contribution in [0.4, 0.5) is 4.79 Å². The Kier molecular flexibility index (Phi) is 10.5. The highest BCUT2D eigenvalue weighted by molar-refractivity contribution is 5.88. The lowest BCUT2D eigenvalue weighted by atomic mass is 9.99. The molecule has 1 atom stereocenters. The van der Waals surface area contributed by atoms with Crippen LogP contribution in [0.1, 0.15) is 36.5 Å². The molecule has 0 heterocycles. The molecule has 0 spiro atoms. The molecule has 0 aliphatic rings. The van der Waals surface area contributed by atoms with E-state index in [1.54, 1.807) is 0 Å². The van der Waals surface area contributed by atoms with E-state index in [1.165, 1.54) is 6.92 Å². The Balaban J connectivity index is 1.41. The molecule has 2 N–H and O–H groups in total. The molecule has 3 rings (SSSR count). The molecule has 0 aliphatic carbocycles. The number of carbonyl (C=O) groups is 3. The number of benzene rings is 3. The summed E-state index contributed by atoms with van der Waals surface area (Å²) in [5, 5.41) is 5.40. The van der Waals surface area contributed by atoms with Crippen LogP contribution in [0.2, 0.25) is 0 Å². The van der Waals surface area contributed by atoms with Gasteiger partial charge in [-0.1, -0.05) is 72.8 Å². The van der Waals surface area contributed by atoms with E-state index in [9.17, 15) is 14.4 Å². The second kappa shape index (κ2) is 14.3. The summed E-state index contributed by atoms with van der Waals surface area (Å²) in [7, 11) is 0. The number of hydrogen-bond donors (Lipinski definition) is 2. The predicted molar refractivity (Wildman–Crippen MR) is 137 cm³/mol. The van der Waals surface area contributed by atoms with Crippen molar-refractivity contribution in [3.05, 3.63) is 102 Å². The minimum Gasteiger partial charge on any atom is -0.489 e. The van der Waals surface area contributed by atoms with Crippen LogP contribution in [-0.2, 0) is 34.0 Å². The molecule has 1 unspecified atom stereocenters. The van der Waals surface area contributed by atoms with Gasteiger partial charge in [-0.05, 0) is 41.7 Å². The number of rotatable bonds is 13. The van der Waals surface area contributed by atoms with Crippen LogP contribution < -0.4 is 15.4 Å². The van der Waals surface area contributed by atoms with E-state index >= 15 is 0 Å². The fourth-order valence-corrected chi connectivity index (χ4v) is 3.59. The molecule has 3 aromatic rings. The molecule has 0 aliphatic heterocycles. The molecule has 36 heavy (non-hydrogen) atoms. The lowest BCUT2D eigenvalue weighted by Gasteiger charge is -2.17. The normalized spacial score (nSPS) is 11.2. The van der Waals surface area contributed by atoms with Crippen LogP contribution in [-0.4, -0.2) is 30.4 Å². The predicted octanol–water partition coefficient (Wildman–Crippen LogP) is 4.59. The minimum absolute atomic E-state index is 0.0888. The minimum atomic E-state index is -0.636. The van der Waals surface area contributed by atoms with Crippen molar-refractivity contribution in [1.29, 1.82) is 0 Å². The van der Waals surface area contributed by atoms with Gasteiger partial charge in [0.1, 0.15) is 19.0 Å². The van der Waals surface area contributed by atoms with Gasteiger partial charge in [-0.2, -0.15) is 0 Å². The zero-order valence-corrected chi connectivity index (χ0v) is 20.4. The largest absolute Gasteiger partial charge is 0.489 e. The summed E-state index contributed by atoms with van der Waals surface area (Å²) in [6.07, 6.45) is 0.521. The van der Waals surface area contributed by atoms with Crippen molar-refractivity contribution in [1.82, 2.24) is 10.6 Å². The number of amides is 2. The zero-order valence-electron chi connectivity index (χ0n) is 20.4. The molecular formula is C29H32N2O5. The SMILES string of the molecule is CC(=O)NC(Cc1ccc(OCc2ccccc2)cc1)C(=O)CCCNC(=O)OCc1ccccc1. The third-order valence-electron chi connectivity index (χ3n) is 5.46. The van der Waals surface area contributed by atoms with Gasteiger partial charge < -0.3 is 20.1 Å². The molecule has 2 amide bonds. The van der Waals surface area contributed by atoms with E-state index < -0.39 is 12.1 Å². The molecule has 0 bridgehead atoms. The quantitative estimate of drug-likeness (QED) is 0.343. The molecule has 0 fully saturated rings. The first-order chi connectivity index (χ1) is 17.5. The first kappa shape index (κ1) is 26.5. The summed E-state index contributed by atoms with van der Waals surface area (Å²) in [4.78, 5) is 36.3. The van der Waals surface area contributed by atoms with Crippen molar-refractivity contribution in [2.45, 2.75) is 45.4 Å². The Hall–Kier alpha value is -4.13. The number of ketones is 1. The Morgan fingerprint density at radius 1 is 0.778 bits per heavy atom. The van der Waals surface area contributed by atoms with Crippen LogP contribution >= 0.6 is 0 Å². The van der Waals surface area contributed by atoms with E-state index in [2.05, 4.69) is 10.6 Å². The molecule has 3 aromatic carbocycles. The molecular weight excluding hydrogens is 456 g/mol. The fraction of sp³-hybridized carbons (Fsp3) is 0.276. The van der Waals surface area contributed by atoms with Gasteiger partial charge in [0, 0.05) is 19.9 Å². The van der Waals surface area contributed by atoms with Crippen molar-refractivity contribution in [3.63, 3.8) is 0 Å². The molecule has 0 saturated carbocycles. The topological polar surface area (TPSA) is 93.7 Å². The maximum absolute atomic E-state index is 12.8. The Labute approximate surface area is 211 Å². The number of alkyl carbamates (subject to hydrolysis) is 1. The van der Waals surface area contributed by atoms with Gasteiger partial charge in [0.05, 0.1) is 6.04 Å². The van der Waals surface area contributed by atoms with Gasteiger partial charge in [-0.3, -0.25) is 9.59 Å². The van der Waals surface area contributed by atoms with Crippen LogP contribution in [0.15, 0.2) is 84.9 Å². The van der Waals surface area contributed by atoms with E-state index in [1.807, 2.05) is 84.9 Å². The maximum atomic E-state index is 12.8. The van der Waals surface area contributed by atoms with Crippen molar-refractivity contribution in [2.75, 3.05) is 6.54 Å². The van der Waals surface area contributed by atoms with Gasteiger partial charge in [-0.25, -0.2) is 4.79 Å². The first-order valence-corrected chi connectivity index (χ1v) is 12.0. The van der Waals surface area contributed by atoms with Crippen LogP contribution in [0, 0.1) is 0 Å². The fourth-order valence-electron chi connectivity index (χ4n) is 3.59. The van der Waals surface area contributed by atoms with Gasteiger partial charge in [0.15, 0.2) is 5.78 Å². The number of ether oxygens (including phenoxy) is 2. The van der Waals surface area contributed by atoms with Gasteiger partial charge in [-0.15, -0.1) is 0 Å². The van der Waals surface area contributed by atoms with Crippen molar-refractivity contribution < 1.29 is 23.9 Å². The smallest absolute Gasteiger partial charge is 0.407 e. The van der Waals surface area contributed by atoms with Crippen molar-refractivity contribution in [2.24, 2.45) is 0 Å². The molecule has 188 valence electrons. The van der Waals surface area contributed by atoms with Gasteiger partial charge in [0.25, 0.3) is 0 Å².